The van der Waals surface area contributed by atoms with Crippen LogP contribution in [0.2, 0.25) is 5.02 Å². The molecule has 0 radical (unpaired) electrons. The summed E-state index contributed by atoms with van der Waals surface area (Å²) in [6.07, 6.45) is 1.72. The maximum atomic E-state index is 13.5. The molecule has 0 atom stereocenters. The Morgan fingerprint density at radius 2 is 1.86 bits per heavy atom. The monoisotopic (exact) mass is 425 g/mol. The van der Waals surface area contributed by atoms with Crippen LogP contribution in [0, 0.1) is 12.7 Å². The highest BCUT2D eigenvalue weighted by atomic mass is 35.5. The molecule has 0 unspecified atom stereocenters. The van der Waals surface area contributed by atoms with Crippen molar-refractivity contribution < 1.29 is 4.39 Å². The molecule has 0 aliphatic rings. The second-order valence-electron chi connectivity index (χ2n) is 6.32. The number of aryl methyl sites for hydroxylation is 1. The Kier molecular flexibility index (Phi) is 5.42. The van der Waals surface area contributed by atoms with Crippen LogP contribution in [0.15, 0.2) is 60.8 Å². The highest BCUT2D eigenvalue weighted by Gasteiger charge is 2.16. The highest BCUT2D eigenvalue weighted by Crippen LogP contribution is 2.36. The lowest BCUT2D eigenvalue weighted by Crippen LogP contribution is -2.09. The van der Waals surface area contributed by atoms with Crippen molar-refractivity contribution in [3.63, 3.8) is 0 Å². The van der Waals surface area contributed by atoms with E-state index in [4.69, 9.17) is 11.6 Å². The summed E-state index contributed by atoms with van der Waals surface area (Å²) in [7, 11) is 1.87. The van der Waals surface area contributed by atoms with Crippen LogP contribution in [0.4, 0.5) is 26.8 Å². The van der Waals surface area contributed by atoms with Gasteiger partial charge in [0.15, 0.2) is 5.13 Å². The van der Waals surface area contributed by atoms with Crippen molar-refractivity contribution >= 4 is 45.4 Å². The fourth-order valence-electron chi connectivity index (χ4n) is 2.76. The number of hydrogen-bond acceptors (Lipinski definition) is 6. The number of hydrogen-bond donors (Lipinski definition) is 1. The van der Waals surface area contributed by atoms with Crippen LogP contribution in [-0.2, 0) is 0 Å². The van der Waals surface area contributed by atoms with E-state index in [0.29, 0.717) is 5.95 Å². The van der Waals surface area contributed by atoms with Crippen LogP contribution >= 0.6 is 22.9 Å². The molecule has 0 aliphatic heterocycles. The van der Waals surface area contributed by atoms with Gasteiger partial charge in [-0.3, -0.25) is 0 Å². The van der Waals surface area contributed by atoms with E-state index in [1.54, 1.807) is 18.3 Å². The van der Waals surface area contributed by atoms with Crippen molar-refractivity contribution in [1.29, 1.82) is 0 Å². The number of halogens is 2. The molecule has 2 heterocycles. The third kappa shape index (κ3) is 4.21. The van der Waals surface area contributed by atoms with E-state index >= 15 is 0 Å². The lowest BCUT2D eigenvalue weighted by molar-refractivity contribution is 0.628. The maximum Gasteiger partial charge on any atom is 0.227 e. The molecule has 0 saturated carbocycles. The number of nitrogens with one attached hydrogen (secondary N) is 1. The van der Waals surface area contributed by atoms with Crippen molar-refractivity contribution in [1.82, 2.24) is 15.0 Å². The molecule has 5 nitrogen and oxygen atoms in total. The van der Waals surface area contributed by atoms with Crippen LogP contribution in [0.3, 0.4) is 0 Å². The van der Waals surface area contributed by atoms with Crippen LogP contribution in [-0.4, -0.2) is 22.0 Å². The Morgan fingerprint density at radius 1 is 1.07 bits per heavy atom. The number of anilines is 4. The number of thiazole rings is 1. The second kappa shape index (κ2) is 8.14. The van der Waals surface area contributed by atoms with Gasteiger partial charge >= 0.3 is 0 Å². The van der Waals surface area contributed by atoms with Gasteiger partial charge < -0.3 is 10.2 Å². The fraction of sp³-hybridized carbons (Fsp3) is 0.0952. The van der Waals surface area contributed by atoms with Gasteiger partial charge in [-0.15, -0.1) is 0 Å². The predicted octanol–water partition coefficient (Wildman–Crippen LogP) is 6.21. The van der Waals surface area contributed by atoms with Crippen molar-refractivity contribution in [2.24, 2.45) is 0 Å². The molecule has 29 heavy (non-hydrogen) atoms. The molecule has 0 bridgehead atoms. The Bertz CT molecular complexity index is 1150. The molecule has 1 N–H and O–H groups in total. The summed E-state index contributed by atoms with van der Waals surface area (Å²) < 4.78 is 13.5. The van der Waals surface area contributed by atoms with Gasteiger partial charge in [-0.1, -0.05) is 41.1 Å². The lowest BCUT2D eigenvalue weighted by atomic mass is 10.3. The van der Waals surface area contributed by atoms with Crippen molar-refractivity contribution in [2.45, 2.75) is 6.92 Å². The Hall–Kier alpha value is -3.03. The number of nitrogens with zero attached hydrogens (tertiary/aromatic N) is 4. The first-order chi connectivity index (χ1) is 14.0. The Labute approximate surface area is 176 Å². The molecule has 4 aromatic rings. The van der Waals surface area contributed by atoms with Crippen LogP contribution in [0.1, 0.15) is 5.69 Å². The van der Waals surface area contributed by atoms with Gasteiger partial charge in [-0.25, -0.2) is 19.3 Å². The van der Waals surface area contributed by atoms with Crippen molar-refractivity contribution in [3.8, 4) is 10.6 Å². The normalized spacial score (nSPS) is 10.8. The van der Waals surface area contributed by atoms with Crippen LogP contribution in [0.25, 0.3) is 10.6 Å². The molecule has 0 fully saturated rings. The minimum absolute atomic E-state index is 0.0790. The topological polar surface area (TPSA) is 53.9 Å². The van der Waals surface area contributed by atoms with Gasteiger partial charge in [0, 0.05) is 24.6 Å². The summed E-state index contributed by atoms with van der Waals surface area (Å²) in [6, 6.07) is 16.2. The molecule has 146 valence electrons. The third-order valence-electron chi connectivity index (χ3n) is 4.28. The molecule has 4 rings (SSSR count). The summed E-state index contributed by atoms with van der Waals surface area (Å²) in [5.74, 6) is 0.0703. The van der Waals surface area contributed by atoms with Gasteiger partial charge in [0.05, 0.1) is 21.3 Å². The first-order valence-corrected chi connectivity index (χ1v) is 10.0. The van der Waals surface area contributed by atoms with E-state index in [-0.39, 0.29) is 5.02 Å². The van der Waals surface area contributed by atoms with Crippen LogP contribution in [0.5, 0.6) is 0 Å². The summed E-state index contributed by atoms with van der Waals surface area (Å²) in [5.41, 5.74) is 3.31. The summed E-state index contributed by atoms with van der Waals surface area (Å²) in [6.45, 7) is 1.94. The van der Waals surface area contributed by atoms with Gasteiger partial charge in [0.2, 0.25) is 5.95 Å². The Balaban J connectivity index is 1.62. The Morgan fingerprint density at radius 3 is 2.62 bits per heavy atom. The third-order valence-corrected chi connectivity index (χ3v) is 5.83. The minimum atomic E-state index is -0.445. The van der Waals surface area contributed by atoms with E-state index < -0.39 is 5.82 Å². The van der Waals surface area contributed by atoms with Crippen molar-refractivity contribution in [3.05, 3.63) is 77.3 Å². The van der Waals surface area contributed by atoms with Gasteiger partial charge in [0.1, 0.15) is 5.82 Å². The smallest absolute Gasteiger partial charge is 0.227 e. The molecule has 0 aliphatic carbocycles. The molecule has 0 amide bonds. The summed E-state index contributed by atoms with van der Waals surface area (Å²) in [5, 5.41) is 4.04. The maximum absolute atomic E-state index is 13.5. The average Bonchev–Trinajstić information content (AvgIpc) is 3.12. The molecule has 8 heteroatoms. The molecule has 0 saturated heterocycles. The number of aromatic nitrogens is 3. The zero-order valence-corrected chi connectivity index (χ0v) is 17.3. The number of para-hydroxylation sites is 1. The summed E-state index contributed by atoms with van der Waals surface area (Å²) >= 11 is 7.42. The molecule has 2 aromatic carbocycles. The number of rotatable bonds is 5. The molecule has 0 spiro atoms. The van der Waals surface area contributed by atoms with E-state index in [1.807, 2.05) is 55.3 Å². The first-order valence-electron chi connectivity index (χ1n) is 8.83. The van der Waals surface area contributed by atoms with Crippen molar-refractivity contribution in [2.75, 3.05) is 17.3 Å². The fourth-order valence-corrected chi connectivity index (χ4v) is 3.96. The SMILES string of the molecule is Cc1nc(N(C)c2ccc(F)c(Cl)c2)sc1-c1ccnc(Nc2ccccc2)n1. The van der Waals surface area contributed by atoms with E-state index in [2.05, 4.69) is 20.3 Å². The first kappa shape index (κ1) is 19.3. The van der Waals surface area contributed by atoms with Gasteiger partial charge in [0.25, 0.3) is 0 Å². The zero-order valence-electron chi connectivity index (χ0n) is 15.7. The van der Waals surface area contributed by atoms with E-state index in [1.165, 1.54) is 17.4 Å². The second-order valence-corrected chi connectivity index (χ2v) is 7.71. The molecular formula is C21H17ClFN5S. The number of benzene rings is 2. The summed E-state index contributed by atoms with van der Waals surface area (Å²) in [4.78, 5) is 16.4. The van der Waals surface area contributed by atoms with E-state index in [9.17, 15) is 4.39 Å². The quantitative estimate of drug-likeness (QED) is 0.411. The molecular weight excluding hydrogens is 409 g/mol. The zero-order chi connectivity index (χ0) is 20.4. The highest BCUT2D eigenvalue weighted by molar-refractivity contribution is 7.19. The van der Waals surface area contributed by atoms with Gasteiger partial charge in [-0.05, 0) is 43.3 Å². The predicted molar refractivity (Wildman–Crippen MR) is 117 cm³/mol. The van der Waals surface area contributed by atoms with Gasteiger partial charge in [-0.2, -0.15) is 0 Å². The standard InChI is InChI=1S/C21H17ClFN5S/c1-13-19(18-10-11-24-20(27-18)26-14-6-4-3-5-7-14)29-21(25-13)28(2)15-8-9-17(23)16(22)12-15/h3-12H,1-2H3,(H,24,26,27). The largest absolute Gasteiger partial charge is 0.324 e. The minimum Gasteiger partial charge on any atom is -0.324 e. The average molecular weight is 426 g/mol. The molecule has 2 aromatic heterocycles. The van der Waals surface area contributed by atoms with E-state index in [0.717, 1.165) is 32.8 Å². The van der Waals surface area contributed by atoms with Crippen LogP contribution < -0.4 is 10.2 Å². The lowest BCUT2D eigenvalue weighted by Gasteiger charge is -2.16.